The van der Waals surface area contributed by atoms with Crippen LogP contribution in [0.3, 0.4) is 0 Å². The van der Waals surface area contributed by atoms with E-state index in [0.717, 1.165) is 26.1 Å². The summed E-state index contributed by atoms with van der Waals surface area (Å²) in [6.45, 7) is 4.83. The minimum Gasteiger partial charge on any atom is -0.341 e. The van der Waals surface area contributed by atoms with Gasteiger partial charge in [-0.1, -0.05) is 0 Å². The zero-order valence-electron chi connectivity index (χ0n) is 7.76. The lowest BCUT2D eigenvalue weighted by atomic mass is 10.3. The predicted molar refractivity (Wildman–Crippen MR) is 48.1 cm³/mol. The van der Waals surface area contributed by atoms with E-state index in [9.17, 15) is 4.79 Å². The first-order valence-electron chi connectivity index (χ1n) is 4.44. The lowest BCUT2D eigenvalue weighted by Crippen LogP contribution is -2.45. The molecular weight excluding hydrogens is 154 g/mol. The van der Waals surface area contributed by atoms with Crippen LogP contribution in [0.4, 0.5) is 4.79 Å². The quantitative estimate of drug-likeness (QED) is 0.539. The van der Waals surface area contributed by atoms with Crippen LogP contribution in [0.5, 0.6) is 0 Å². The first-order valence-corrected chi connectivity index (χ1v) is 4.44. The van der Waals surface area contributed by atoms with Gasteiger partial charge < -0.3 is 15.5 Å². The van der Waals surface area contributed by atoms with Crippen LogP contribution < -0.4 is 10.6 Å². The first-order chi connectivity index (χ1) is 5.75. The molecule has 4 nitrogen and oxygen atoms in total. The maximum Gasteiger partial charge on any atom is 0.317 e. The van der Waals surface area contributed by atoms with Crippen LogP contribution in [0, 0.1) is 0 Å². The van der Waals surface area contributed by atoms with Gasteiger partial charge in [0.15, 0.2) is 0 Å². The van der Waals surface area contributed by atoms with E-state index in [2.05, 4.69) is 17.6 Å². The van der Waals surface area contributed by atoms with Crippen molar-refractivity contribution < 1.29 is 4.79 Å². The number of rotatable bonds is 0. The van der Waals surface area contributed by atoms with Gasteiger partial charge >= 0.3 is 6.03 Å². The summed E-state index contributed by atoms with van der Waals surface area (Å²) >= 11 is 0. The molecule has 1 fully saturated rings. The Morgan fingerprint density at radius 2 is 2.42 bits per heavy atom. The maximum absolute atomic E-state index is 11.3. The van der Waals surface area contributed by atoms with E-state index in [-0.39, 0.29) is 6.03 Å². The van der Waals surface area contributed by atoms with Crippen LogP contribution in [0.15, 0.2) is 0 Å². The van der Waals surface area contributed by atoms with Gasteiger partial charge in [0.1, 0.15) is 0 Å². The Hall–Kier alpha value is -0.770. The van der Waals surface area contributed by atoms with E-state index in [1.807, 2.05) is 4.90 Å². The van der Waals surface area contributed by atoms with Gasteiger partial charge in [0, 0.05) is 26.2 Å². The largest absolute Gasteiger partial charge is 0.341 e. The number of hydrogen-bond acceptors (Lipinski definition) is 2. The maximum atomic E-state index is 11.3. The van der Waals surface area contributed by atoms with Crippen molar-refractivity contribution >= 4 is 6.03 Å². The highest BCUT2D eigenvalue weighted by molar-refractivity contribution is 5.74. The highest BCUT2D eigenvalue weighted by Crippen LogP contribution is 2.03. The molecule has 0 aliphatic carbocycles. The van der Waals surface area contributed by atoms with E-state index in [1.165, 1.54) is 0 Å². The fourth-order valence-electron chi connectivity index (χ4n) is 1.46. The average molecular weight is 171 g/mol. The number of hydrogen-bond donors (Lipinski definition) is 2. The zero-order chi connectivity index (χ0) is 8.97. The van der Waals surface area contributed by atoms with E-state index in [1.54, 1.807) is 7.05 Å². The van der Waals surface area contributed by atoms with Crippen molar-refractivity contribution in [3.8, 4) is 0 Å². The number of carbonyl (C=O) groups excluding carboxylic acids is 1. The molecule has 70 valence electrons. The molecule has 0 bridgehead atoms. The van der Waals surface area contributed by atoms with Gasteiger partial charge in [0.2, 0.25) is 0 Å². The first kappa shape index (κ1) is 9.32. The molecule has 0 radical (unpaired) electrons. The van der Waals surface area contributed by atoms with Crippen molar-refractivity contribution in [1.29, 1.82) is 0 Å². The number of nitrogens with zero attached hydrogens (tertiary/aromatic N) is 1. The average Bonchev–Trinajstić information content (AvgIpc) is 2.28. The van der Waals surface area contributed by atoms with Crippen molar-refractivity contribution in [3.63, 3.8) is 0 Å². The molecule has 1 unspecified atom stereocenters. The molecule has 1 heterocycles. The SMILES string of the molecule is CNC(=O)N1CCCNCC1C. The topological polar surface area (TPSA) is 44.4 Å². The Balaban J connectivity index is 2.52. The van der Waals surface area contributed by atoms with Gasteiger partial charge in [-0.3, -0.25) is 0 Å². The van der Waals surface area contributed by atoms with E-state index in [0.29, 0.717) is 6.04 Å². The molecule has 0 aromatic carbocycles. The number of urea groups is 1. The third kappa shape index (κ3) is 2.11. The highest BCUT2D eigenvalue weighted by atomic mass is 16.2. The molecular formula is C8H17N3O. The molecule has 2 N–H and O–H groups in total. The van der Waals surface area contributed by atoms with Crippen LogP contribution in [0.1, 0.15) is 13.3 Å². The van der Waals surface area contributed by atoms with Gasteiger partial charge in [0.25, 0.3) is 0 Å². The summed E-state index contributed by atoms with van der Waals surface area (Å²) in [5.41, 5.74) is 0. The molecule has 0 aromatic heterocycles. The molecule has 0 aromatic rings. The van der Waals surface area contributed by atoms with E-state index in [4.69, 9.17) is 0 Å². The van der Waals surface area contributed by atoms with Crippen molar-refractivity contribution in [1.82, 2.24) is 15.5 Å². The second kappa shape index (κ2) is 4.30. The molecule has 4 heteroatoms. The zero-order valence-corrected chi connectivity index (χ0v) is 7.76. The van der Waals surface area contributed by atoms with Gasteiger partial charge in [0.05, 0.1) is 0 Å². The van der Waals surface area contributed by atoms with Gasteiger partial charge in [-0.05, 0) is 19.9 Å². The van der Waals surface area contributed by atoms with Crippen LogP contribution in [-0.2, 0) is 0 Å². The molecule has 0 saturated carbocycles. The Morgan fingerprint density at radius 3 is 3.08 bits per heavy atom. The standard InChI is InChI=1S/C8H17N3O/c1-7-6-10-4-3-5-11(7)8(12)9-2/h7,10H,3-6H2,1-2H3,(H,9,12). The summed E-state index contributed by atoms with van der Waals surface area (Å²) in [6.07, 6.45) is 1.04. The van der Waals surface area contributed by atoms with Gasteiger partial charge in [-0.25, -0.2) is 4.79 Å². The van der Waals surface area contributed by atoms with Crippen LogP contribution in [-0.4, -0.2) is 43.7 Å². The van der Waals surface area contributed by atoms with Crippen LogP contribution >= 0.6 is 0 Å². The second-order valence-electron chi connectivity index (χ2n) is 3.16. The number of carbonyl (C=O) groups is 1. The van der Waals surface area contributed by atoms with Crippen molar-refractivity contribution in [2.45, 2.75) is 19.4 Å². The normalized spacial score (nSPS) is 24.8. The Labute approximate surface area is 73.3 Å². The summed E-state index contributed by atoms with van der Waals surface area (Å²) in [6, 6.07) is 0.332. The fraction of sp³-hybridized carbons (Fsp3) is 0.875. The molecule has 1 aliphatic rings. The fourth-order valence-corrected chi connectivity index (χ4v) is 1.46. The van der Waals surface area contributed by atoms with Crippen molar-refractivity contribution in [2.75, 3.05) is 26.7 Å². The number of nitrogens with one attached hydrogen (secondary N) is 2. The third-order valence-corrected chi connectivity index (χ3v) is 2.20. The molecule has 2 amide bonds. The van der Waals surface area contributed by atoms with Crippen molar-refractivity contribution in [3.05, 3.63) is 0 Å². The molecule has 1 saturated heterocycles. The summed E-state index contributed by atoms with van der Waals surface area (Å²) in [5.74, 6) is 0. The molecule has 1 rings (SSSR count). The lowest BCUT2D eigenvalue weighted by Gasteiger charge is -2.26. The summed E-state index contributed by atoms with van der Waals surface area (Å²) < 4.78 is 0. The summed E-state index contributed by atoms with van der Waals surface area (Å²) in [5, 5.41) is 5.94. The second-order valence-corrected chi connectivity index (χ2v) is 3.16. The van der Waals surface area contributed by atoms with Crippen molar-refractivity contribution in [2.24, 2.45) is 0 Å². The Morgan fingerprint density at radius 1 is 1.67 bits per heavy atom. The molecule has 12 heavy (non-hydrogen) atoms. The van der Waals surface area contributed by atoms with Gasteiger partial charge in [-0.15, -0.1) is 0 Å². The summed E-state index contributed by atoms with van der Waals surface area (Å²) in [4.78, 5) is 13.2. The Bertz CT molecular complexity index is 160. The van der Waals surface area contributed by atoms with E-state index < -0.39 is 0 Å². The predicted octanol–water partition coefficient (Wildman–Crippen LogP) is 0.00960. The smallest absolute Gasteiger partial charge is 0.317 e. The highest BCUT2D eigenvalue weighted by Gasteiger charge is 2.20. The van der Waals surface area contributed by atoms with Crippen LogP contribution in [0.2, 0.25) is 0 Å². The molecule has 0 spiro atoms. The minimum absolute atomic E-state index is 0.0335. The third-order valence-electron chi connectivity index (χ3n) is 2.20. The minimum atomic E-state index is 0.0335. The monoisotopic (exact) mass is 171 g/mol. The van der Waals surface area contributed by atoms with Crippen LogP contribution in [0.25, 0.3) is 0 Å². The lowest BCUT2D eigenvalue weighted by molar-refractivity contribution is 0.186. The molecule has 1 atom stereocenters. The molecule has 1 aliphatic heterocycles. The van der Waals surface area contributed by atoms with E-state index >= 15 is 0 Å². The number of amides is 2. The summed E-state index contributed by atoms with van der Waals surface area (Å²) in [7, 11) is 1.67. The Kier molecular flexibility index (Phi) is 3.34. The van der Waals surface area contributed by atoms with Gasteiger partial charge in [-0.2, -0.15) is 0 Å².